The lowest BCUT2D eigenvalue weighted by molar-refractivity contribution is -0.154. The maximum Gasteiger partial charge on any atom is 0.306 e. The van der Waals surface area contributed by atoms with Gasteiger partial charge in [0.1, 0.15) is 5.60 Å². The van der Waals surface area contributed by atoms with Crippen LogP contribution in [-0.4, -0.2) is 43.8 Å². The average molecular weight is 686 g/mol. The van der Waals surface area contributed by atoms with Crippen LogP contribution in [0.25, 0.3) is 27.6 Å². The molecule has 11 nitrogen and oxygen atoms in total. The Bertz CT molecular complexity index is 1870. The number of carbonyl (C=O) groups is 2. The first-order valence-corrected chi connectivity index (χ1v) is 17.7. The summed E-state index contributed by atoms with van der Waals surface area (Å²) in [5.41, 5.74) is 2.76. The fourth-order valence-electron chi connectivity index (χ4n) is 4.91. The Morgan fingerprint density at radius 3 is 2.35 bits per heavy atom. The lowest BCUT2D eigenvalue weighted by Gasteiger charge is -2.19. The van der Waals surface area contributed by atoms with E-state index in [1.54, 1.807) is 23.7 Å². The number of thiazole rings is 2. The number of rotatable bonds is 15. The summed E-state index contributed by atoms with van der Waals surface area (Å²) in [5.74, 6) is -0.259. The number of aromatic nitrogens is 4. The van der Waals surface area contributed by atoms with Crippen molar-refractivity contribution in [3.63, 3.8) is 0 Å². The van der Waals surface area contributed by atoms with Gasteiger partial charge in [-0.2, -0.15) is 4.68 Å². The number of nitrogens with one attached hydrogen (secondary N) is 2. The molecule has 0 fully saturated rings. The second-order valence-corrected chi connectivity index (χ2v) is 13.9. The van der Waals surface area contributed by atoms with E-state index in [1.807, 2.05) is 68.6 Å². The average Bonchev–Trinajstić information content (AvgIpc) is 3.84. The Morgan fingerprint density at radius 1 is 0.917 bits per heavy atom. The Labute approximate surface area is 287 Å². The number of hydrogen-bond acceptors (Lipinski definition) is 10. The topological polar surface area (TPSA) is 144 Å². The normalized spacial score (nSPS) is 11.6. The second kappa shape index (κ2) is 16.4. The minimum absolute atomic E-state index is 0.122. The third kappa shape index (κ3) is 9.64. The minimum atomic E-state index is -0.433. The van der Waals surface area contributed by atoms with Gasteiger partial charge >= 0.3 is 11.5 Å². The number of benzene rings is 2. The molecule has 0 aliphatic heterocycles. The number of azo groups is 1. The number of carbonyl (C=O) groups excluding carboxylic acids is 2. The number of unbranched alkanes of at least 4 members (excludes halogenated alkanes) is 5. The van der Waals surface area contributed by atoms with E-state index in [0.29, 0.717) is 40.2 Å². The summed E-state index contributed by atoms with van der Waals surface area (Å²) < 4.78 is 6.71. The summed E-state index contributed by atoms with van der Waals surface area (Å²) in [4.78, 5) is 46.8. The molecule has 0 spiro atoms. The van der Waals surface area contributed by atoms with E-state index in [-0.39, 0.29) is 23.1 Å². The van der Waals surface area contributed by atoms with Crippen molar-refractivity contribution in [3.05, 3.63) is 87.5 Å². The van der Waals surface area contributed by atoms with Gasteiger partial charge in [-0.3, -0.25) is 19.5 Å². The first-order valence-electron chi connectivity index (χ1n) is 16.0. The van der Waals surface area contributed by atoms with Crippen LogP contribution in [0.2, 0.25) is 0 Å². The summed E-state index contributed by atoms with van der Waals surface area (Å²) in [7, 11) is 0. The van der Waals surface area contributed by atoms with E-state index in [4.69, 9.17) is 9.72 Å². The molecule has 1 amide bonds. The third-order valence-electron chi connectivity index (χ3n) is 7.22. The summed E-state index contributed by atoms with van der Waals surface area (Å²) >= 11 is 2.65. The summed E-state index contributed by atoms with van der Waals surface area (Å²) in [5, 5.41) is 19.1. The summed E-state index contributed by atoms with van der Waals surface area (Å²) in [6, 6.07) is 16.7. The van der Waals surface area contributed by atoms with Gasteiger partial charge in [0.2, 0.25) is 10.3 Å². The van der Waals surface area contributed by atoms with Crippen LogP contribution >= 0.6 is 22.7 Å². The standard InChI is InChI=1S/C35H39N7O4S2/c1-35(2,3)46-28(43)15-11-6-4-5-7-12-20-36-31(44)26-18-16-24(17-19-26)27-23-48-34(38-27)42-32(45)30(39-40-33-37-21-22-47-33)29(41-42)25-13-9-8-10-14-25/h8-10,13-14,16-19,21-23,41H,4-7,11-12,15,20H2,1-3H3,(H,36,44). The highest BCUT2D eigenvalue weighted by molar-refractivity contribution is 7.13. The highest BCUT2D eigenvalue weighted by Gasteiger charge is 2.20. The van der Waals surface area contributed by atoms with Crippen molar-refractivity contribution in [1.29, 1.82) is 0 Å². The smallest absolute Gasteiger partial charge is 0.306 e. The molecule has 0 unspecified atom stereocenters. The number of H-pyrrole nitrogens is 1. The van der Waals surface area contributed by atoms with Crippen LogP contribution in [0.15, 0.2) is 86.6 Å². The minimum Gasteiger partial charge on any atom is -0.460 e. The fourth-order valence-corrected chi connectivity index (χ4v) is 6.15. The molecule has 48 heavy (non-hydrogen) atoms. The quantitative estimate of drug-likeness (QED) is 0.0641. The largest absolute Gasteiger partial charge is 0.460 e. The Kier molecular flexibility index (Phi) is 11.8. The van der Waals surface area contributed by atoms with E-state index in [2.05, 4.69) is 25.6 Å². The molecule has 0 aliphatic rings. The van der Waals surface area contributed by atoms with Crippen LogP contribution < -0.4 is 10.9 Å². The number of nitrogens with zero attached hydrogens (tertiary/aromatic N) is 5. The van der Waals surface area contributed by atoms with Crippen LogP contribution in [0.4, 0.5) is 10.8 Å². The van der Waals surface area contributed by atoms with Crippen molar-refractivity contribution < 1.29 is 14.3 Å². The molecule has 0 saturated heterocycles. The Hall–Kier alpha value is -4.75. The molecule has 2 N–H and O–H groups in total. The van der Waals surface area contributed by atoms with Crippen molar-refractivity contribution in [1.82, 2.24) is 25.1 Å². The highest BCUT2D eigenvalue weighted by atomic mass is 32.1. The number of aromatic amines is 1. The Morgan fingerprint density at radius 2 is 1.65 bits per heavy atom. The predicted molar refractivity (Wildman–Crippen MR) is 190 cm³/mol. The lowest BCUT2D eigenvalue weighted by atomic mass is 10.1. The van der Waals surface area contributed by atoms with Crippen LogP contribution in [0, 0.1) is 0 Å². The zero-order valence-electron chi connectivity index (χ0n) is 27.3. The van der Waals surface area contributed by atoms with Gasteiger partial charge < -0.3 is 10.1 Å². The van der Waals surface area contributed by atoms with Crippen LogP contribution in [0.1, 0.15) is 76.1 Å². The number of ether oxygens (including phenoxy) is 1. The number of amides is 1. The third-order valence-corrected chi connectivity index (χ3v) is 8.70. The number of esters is 1. The van der Waals surface area contributed by atoms with Crippen LogP contribution in [0.5, 0.6) is 0 Å². The Balaban J connectivity index is 1.13. The highest BCUT2D eigenvalue weighted by Crippen LogP contribution is 2.30. The molecule has 13 heteroatoms. The van der Waals surface area contributed by atoms with Crippen molar-refractivity contribution in [2.75, 3.05) is 6.54 Å². The zero-order chi connectivity index (χ0) is 33.9. The predicted octanol–water partition coefficient (Wildman–Crippen LogP) is 8.63. The van der Waals surface area contributed by atoms with E-state index in [0.717, 1.165) is 49.7 Å². The molecule has 5 aromatic rings. The maximum absolute atomic E-state index is 13.5. The van der Waals surface area contributed by atoms with Crippen LogP contribution in [-0.2, 0) is 9.53 Å². The molecule has 0 atom stereocenters. The monoisotopic (exact) mass is 685 g/mol. The van der Waals surface area contributed by atoms with Crippen molar-refractivity contribution in [2.24, 2.45) is 10.2 Å². The number of hydrogen-bond donors (Lipinski definition) is 2. The van der Waals surface area contributed by atoms with Gasteiger partial charge in [-0.05, 0) is 45.7 Å². The van der Waals surface area contributed by atoms with Crippen molar-refractivity contribution >= 4 is 45.4 Å². The molecule has 3 aromatic heterocycles. The van der Waals surface area contributed by atoms with Gasteiger partial charge in [0.15, 0.2) is 5.69 Å². The molecule has 0 radical (unpaired) electrons. The molecular formula is C35H39N7O4S2. The molecule has 2 aromatic carbocycles. The van der Waals surface area contributed by atoms with Crippen molar-refractivity contribution in [3.8, 4) is 27.6 Å². The van der Waals surface area contributed by atoms with Gasteiger partial charge in [0.25, 0.3) is 5.91 Å². The second-order valence-electron chi connectivity index (χ2n) is 12.2. The summed E-state index contributed by atoms with van der Waals surface area (Å²) in [6.45, 7) is 6.25. The molecule has 250 valence electrons. The molecule has 3 heterocycles. The SMILES string of the molecule is CC(C)(C)OC(=O)CCCCCCCCNC(=O)c1ccc(-c2csc(-n3[nH]c(-c4ccccc4)c(N=Nc4nccs4)c3=O)n2)cc1. The molecule has 5 rings (SSSR count). The fraction of sp³-hybridized carbons (Fsp3) is 0.343. The first kappa shape index (κ1) is 34.6. The molecule has 0 aliphatic carbocycles. The zero-order valence-corrected chi connectivity index (χ0v) is 28.9. The maximum atomic E-state index is 13.5. The molecule has 0 saturated carbocycles. The molecular weight excluding hydrogens is 647 g/mol. The van der Waals surface area contributed by atoms with E-state index >= 15 is 0 Å². The van der Waals surface area contributed by atoms with Gasteiger partial charge in [0, 0.05) is 46.6 Å². The van der Waals surface area contributed by atoms with Gasteiger partial charge in [-0.15, -0.1) is 32.9 Å². The first-order chi connectivity index (χ1) is 23.2. The van der Waals surface area contributed by atoms with E-state index in [9.17, 15) is 14.4 Å². The van der Waals surface area contributed by atoms with E-state index < -0.39 is 5.60 Å². The van der Waals surface area contributed by atoms with Crippen LogP contribution in [0.3, 0.4) is 0 Å². The van der Waals surface area contributed by atoms with Gasteiger partial charge in [-0.1, -0.05) is 68.1 Å². The van der Waals surface area contributed by atoms with E-state index in [1.165, 1.54) is 27.4 Å². The lowest BCUT2D eigenvalue weighted by Crippen LogP contribution is -2.24. The van der Waals surface area contributed by atoms with Crippen molar-refractivity contribution in [2.45, 2.75) is 71.3 Å². The van der Waals surface area contributed by atoms with Gasteiger partial charge in [-0.25, -0.2) is 9.97 Å². The summed E-state index contributed by atoms with van der Waals surface area (Å²) in [6.07, 6.45) is 7.97. The van der Waals surface area contributed by atoms with Gasteiger partial charge in [0.05, 0.1) is 11.4 Å². The molecule has 0 bridgehead atoms.